The van der Waals surface area contributed by atoms with E-state index in [4.69, 9.17) is 11.6 Å². The van der Waals surface area contributed by atoms with Gasteiger partial charge in [-0.15, -0.1) is 0 Å². The summed E-state index contributed by atoms with van der Waals surface area (Å²) in [4.78, 5) is 22.6. The fourth-order valence-corrected chi connectivity index (χ4v) is 3.30. The maximum atomic E-state index is 12.3. The minimum Gasteiger partial charge on any atom is -0.324 e. The van der Waals surface area contributed by atoms with Gasteiger partial charge in [-0.05, 0) is 43.8 Å². The van der Waals surface area contributed by atoms with Crippen LogP contribution in [-0.4, -0.2) is 23.9 Å². The predicted octanol–water partition coefficient (Wildman–Crippen LogP) is 2.58. The van der Waals surface area contributed by atoms with Crippen LogP contribution in [0.3, 0.4) is 0 Å². The molecule has 0 bridgehead atoms. The number of amides is 1. The van der Waals surface area contributed by atoms with Crippen LogP contribution in [0.15, 0.2) is 18.2 Å². The van der Waals surface area contributed by atoms with E-state index in [1.165, 1.54) is 18.2 Å². The number of hydrogen-bond donors (Lipinski definition) is 2. The molecule has 112 valence electrons. The summed E-state index contributed by atoms with van der Waals surface area (Å²) in [6.07, 6.45) is 2.91. The zero-order valence-electron chi connectivity index (χ0n) is 11.4. The topological polar surface area (TPSA) is 84.3 Å². The number of nitro groups is 1. The Kier molecular flexibility index (Phi) is 3.59. The average molecular weight is 310 g/mol. The van der Waals surface area contributed by atoms with Gasteiger partial charge in [0.15, 0.2) is 0 Å². The van der Waals surface area contributed by atoms with Crippen LogP contribution in [0.1, 0.15) is 19.3 Å². The molecule has 1 aromatic carbocycles. The number of carbonyl (C=O) groups excluding carboxylic acids is 1. The second-order valence-corrected chi connectivity index (χ2v) is 6.19. The monoisotopic (exact) mass is 309 g/mol. The molecule has 0 radical (unpaired) electrons. The van der Waals surface area contributed by atoms with Crippen molar-refractivity contribution in [2.24, 2.45) is 11.3 Å². The standard InChI is InChI=1S/C14H16ClN3O3/c15-11-2-1-9(18(20)21)7-12(11)17-13(19)10-8-14(10)3-5-16-6-4-14/h1-2,7,10,16H,3-6,8H2,(H,17,19). The van der Waals surface area contributed by atoms with Gasteiger partial charge in [0.2, 0.25) is 5.91 Å². The zero-order valence-corrected chi connectivity index (χ0v) is 12.2. The summed E-state index contributed by atoms with van der Waals surface area (Å²) in [7, 11) is 0. The van der Waals surface area contributed by atoms with Gasteiger partial charge in [0.05, 0.1) is 15.6 Å². The minimum atomic E-state index is -0.503. The summed E-state index contributed by atoms with van der Waals surface area (Å²) in [5.74, 6) is -0.0887. The fourth-order valence-electron chi connectivity index (χ4n) is 3.14. The van der Waals surface area contributed by atoms with Crippen LogP contribution in [0.4, 0.5) is 11.4 Å². The van der Waals surface area contributed by atoms with Crippen molar-refractivity contribution in [1.82, 2.24) is 5.32 Å². The second kappa shape index (κ2) is 5.27. The van der Waals surface area contributed by atoms with Crippen molar-refractivity contribution >= 4 is 28.9 Å². The maximum absolute atomic E-state index is 12.3. The molecule has 1 spiro atoms. The van der Waals surface area contributed by atoms with Crippen molar-refractivity contribution in [3.63, 3.8) is 0 Å². The highest BCUT2D eigenvalue weighted by atomic mass is 35.5. The van der Waals surface area contributed by atoms with Gasteiger partial charge in [-0.1, -0.05) is 11.6 Å². The predicted molar refractivity (Wildman–Crippen MR) is 79.4 cm³/mol. The summed E-state index contributed by atoms with van der Waals surface area (Å²) < 4.78 is 0. The number of nitro benzene ring substituents is 1. The molecule has 1 saturated heterocycles. The fraction of sp³-hybridized carbons (Fsp3) is 0.500. The quantitative estimate of drug-likeness (QED) is 0.664. The van der Waals surface area contributed by atoms with Crippen molar-refractivity contribution < 1.29 is 9.72 Å². The summed E-state index contributed by atoms with van der Waals surface area (Å²) in [6, 6.07) is 4.06. The highest BCUT2D eigenvalue weighted by Gasteiger charge is 2.57. The maximum Gasteiger partial charge on any atom is 0.271 e. The molecule has 1 atom stereocenters. The lowest BCUT2D eigenvalue weighted by Gasteiger charge is -2.23. The molecule has 1 saturated carbocycles. The van der Waals surface area contributed by atoms with E-state index in [0.29, 0.717) is 10.7 Å². The lowest BCUT2D eigenvalue weighted by Crippen LogP contribution is -2.31. The van der Waals surface area contributed by atoms with E-state index >= 15 is 0 Å². The highest BCUT2D eigenvalue weighted by Crippen LogP contribution is 2.58. The Labute approximate surface area is 127 Å². The molecule has 0 aromatic heterocycles. The highest BCUT2D eigenvalue weighted by molar-refractivity contribution is 6.33. The van der Waals surface area contributed by atoms with Gasteiger partial charge in [0.25, 0.3) is 5.69 Å². The number of nitrogens with zero attached hydrogens (tertiary/aromatic N) is 1. The Morgan fingerprint density at radius 3 is 2.81 bits per heavy atom. The second-order valence-electron chi connectivity index (χ2n) is 5.78. The summed E-state index contributed by atoms with van der Waals surface area (Å²) in [6.45, 7) is 1.89. The van der Waals surface area contributed by atoms with Crippen molar-refractivity contribution in [2.75, 3.05) is 18.4 Å². The summed E-state index contributed by atoms with van der Waals surface area (Å²) in [5.41, 5.74) is 0.358. The third kappa shape index (κ3) is 2.73. The van der Waals surface area contributed by atoms with E-state index in [2.05, 4.69) is 10.6 Å². The molecule has 3 rings (SSSR count). The number of hydrogen-bond acceptors (Lipinski definition) is 4. The van der Waals surface area contributed by atoms with Gasteiger partial charge in [-0.25, -0.2) is 0 Å². The van der Waals surface area contributed by atoms with E-state index in [1.807, 2.05) is 0 Å². The Hall–Kier alpha value is -1.66. The third-order valence-corrected chi connectivity index (χ3v) is 4.85. The zero-order chi connectivity index (χ0) is 15.0. The lowest BCUT2D eigenvalue weighted by molar-refractivity contribution is -0.384. The summed E-state index contributed by atoms with van der Waals surface area (Å²) >= 11 is 6.00. The Morgan fingerprint density at radius 1 is 1.43 bits per heavy atom. The molecular formula is C14H16ClN3O3. The molecule has 2 N–H and O–H groups in total. The van der Waals surface area contributed by atoms with Gasteiger partial charge in [-0.2, -0.15) is 0 Å². The molecule has 1 aromatic rings. The number of benzene rings is 1. The van der Waals surface area contributed by atoms with Crippen LogP contribution < -0.4 is 10.6 Å². The summed E-state index contributed by atoms with van der Waals surface area (Å²) in [5, 5.41) is 17.1. The molecule has 2 fully saturated rings. The number of nitrogens with one attached hydrogen (secondary N) is 2. The number of non-ortho nitro benzene ring substituents is 1. The first-order valence-electron chi connectivity index (χ1n) is 6.97. The van der Waals surface area contributed by atoms with E-state index in [9.17, 15) is 14.9 Å². The van der Waals surface area contributed by atoms with Gasteiger partial charge < -0.3 is 10.6 Å². The van der Waals surface area contributed by atoms with Gasteiger partial charge >= 0.3 is 0 Å². The molecule has 1 aliphatic heterocycles. The molecule has 6 nitrogen and oxygen atoms in total. The SMILES string of the molecule is O=C(Nc1cc([N+](=O)[O-])ccc1Cl)C1CC12CCNCC2. The van der Waals surface area contributed by atoms with Crippen molar-refractivity contribution in [3.8, 4) is 0 Å². The molecule has 1 heterocycles. The number of piperidine rings is 1. The number of halogens is 1. The van der Waals surface area contributed by atoms with Crippen LogP contribution in [0.5, 0.6) is 0 Å². The molecule has 1 amide bonds. The van der Waals surface area contributed by atoms with Crippen LogP contribution in [0.2, 0.25) is 5.02 Å². The Balaban J connectivity index is 1.71. The first-order valence-corrected chi connectivity index (χ1v) is 7.35. The van der Waals surface area contributed by atoms with Crippen LogP contribution >= 0.6 is 11.6 Å². The molecule has 7 heteroatoms. The van der Waals surface area contributed by atoms with E-state index < -0.39 is 4.92 Å². The normalized spacial score (nSPS) is 22.8. The first kappa shape index (κ1) is 14.3. The van der Waals surface area contributed by atoms with E-state index in [1.54, 1.807) is 0 Å². The molecule has 1 aliphatic carbocycles. The third-order valence-electron chi connectivity index (χ3n) is 4.52. The Morgan fingerprint density at radius 2 is 2.14 bits per heavy atom. The Bertz CT molecular complexity index is 599. The van der Waals surface area contributed by atoms with Crippen LogP contribution in [0, 0.1) is 21.4 Å². The average Bonchev–Trinajstić information content (AvgIpc) is 3.15. The van der Waals surface area contributed by atoms with Crippen molar-refractivity contribution in [3.05, 3.63) is 33.3 Å². The van der Waals surface area contributed by atoms with Crippen LogP contribution in [0.25, 0.3) is 0 Å². The van der Waals surface area contributed by atoms with Gasteiger partial charge in [-0.3, -0.25) is 14.9 Å². The van der Waals surface area contributed by atoms with Gasteiger partial charge in [0, 0.05) is 18.1 Å². The lowest BCUT2D eigenvalue weighted by atomic mass is 9.92. The molecular weight excluding hydrogens is 294 g/mol. The van der Waals surface area contributed by atoms with Crippen molar-refractivity contribution in [2.45, 2.75) is 19.3 Å². The number of carbonyl (C=O) groups is 1. The van der Waals surface area contributed by atoms with E-state index in [0.717, 1.165) is 32.4 Å². The molecule has 21 heavy (non-hydrogen) atoms. The molecule has 2 aliphatic rings. The smallest absolute Gasteiger partial charge is 0.271 e. The molecule has 1 unspecified atom stereocenters. The number of anilines is 1. The van der Waals surface area contributed by atoms with Gasteiger partial charge in [0.1, 0.15) is 0 Å². The first-order chi connectivity index (χ1) is 10.0. The van der Waals surface area contributed by atoms with Crippen LogP contribution in [-0.2, 0) is 4.79 Å². The largest absolute Gasteiger partial charge is 0.324 e. The number of rotatable bonds is 3. The van der Waals surface area contributed by atoms with Crippen molar-refractivity contribution in [1.29, 1.82) is 0 Å². The van der Waals surface area contributed by atoms with E-state index in [-0.39, 0.29) is 22.9 Å². The minimum absolute atomic E-state index is 0.00470.